The molecule has 1 atom stereocenters. The minimum absolute atomic E-state index is 0.00827. The molecule has 4 aromatic rings. The van der Waals surface area contributed by atoms with Crippen LogP contribution in [-0.2, 0) is 0 Å². The van der Waals surface area contributed by atoms with Gasteiger partial charge in [-0.1, -0.05) is 0 Å². The van der Waals surface area contributed by atoms with Crippen LogP contribution in [0, 0.1) is 0 Å². The van der Waals surface area contributed by atoms with E-state index in [-0.39, 0.29) is 5.91 Å². The Balaban J connectivity index is 1.61. The second kappa shape index (κ2) is 9.50. The topological polar surface area (TPSA) is 55.3 Å². The van der Waals surface area contributed by atoms with E-state index in [4.69, 9.17) is 16.3 Å². The van der Waals surface area contributed by atoms with Crippen LogP contribution < -0.4 is 13.4 Å². The monoisotopic (exact) mass is 493 g/mol. The van der Waals surface area contributed by atoms with Gasteiger partial charge in [0.1, 0.15) is 0 Å². The Morgan fingerprint density at radius 2 is 1.81 bits per heavy atom. The third-order valence-corrected chi connectivity index (χ3v) is 7.98. The third-order valence-electron chi connectivity index (χ3n) is 4.88. The molecule has 0 aliphatic heterocycles. The van der Waals surface area contributed by atoms with Crippen molar-refractivity contribution in [1.82, 2.24) is 14.9 Å². The molecule has 0 aliphatic carbocycles. The minimum atomic E-state index is -0.754. The molecule has 0 N–H and O–H groups in total. The number of amides is 1. The summed E-state index contributed by atoms with van der Waals surface area (Å²) >= 11 is 5.55. The number of halogens is 1. The van der Waals surface area contributed by atoms with E-state index in [1.807, 2.05) is 55.5 Å². The molecule has 1 amide bonds. The van der Waals surface area contributed by atoms with Crippen molar-refractivity contribution in [1.29, 1.82) is 0 Å². The standard InChI is InChI=1S/C24H21AsClN3O2/c1-3-29(2)24(30)16-6-9-18(10-7-16)31-22-11-8-17(26)15-21(22)25-20-12-14-28-23-19(20)5-4-13-27-23/h4-15,25H,3H2,1-2H3. The molecule has 156 valence electrons. The van der Waals surface area contributed by atoms with E-state index in [2.05, 4.69) is 9.97 Å². The number of nitrogens with zero attached hydrogens (tertiary/aromatic N) is 3. The number of ether oxygens (including phenoxy) is 1. The van der Waals surface area contributed by atoms with Crippen LogP contribution in [0.25, 0.3) is 11.0 Å². The zero-order valence-corrected chi connectivity index (χ0v) is 20.0. The summed E-state index contributed by atoms with van der Waals surface area (Å²) in [4.78, 5) is 22.7. The number of fused-ring (bicyclic) bond motifs is 1. The van der Waals surface area contributed by atoms with E-state index in [0.717, 1.165) is 21.1 Å². The Labute approximate surface area is 192 Å². The molecule has 0 saturated heterocycles. The molecule has 0 aliphatic rings. The van der Waals surface area contributed by atoms with Crippen LogP contribution in [0.4, 0.5) is 0 Å². The fourth-order valence-electron chi connectivity index (χ4n) is 3.08. The molecule has 0 bridgehead atoms. The van der Waals surface area contributed by atoms with Crippen molar-refractivity contribution in [2.45, 2.75) is 6.92 Å². The Morgan fingerprint density at radius 1 is 1.03 bits per heavy atom. The molecule has 5 nitrogen and oxygen atoms in total. The Bertz CT molecular complexity index is 1230. The van der Waals surface area contributed by atoms with Gasteiger partial charge in [0.2, 0.25) is 0 Å². The van der Waals surface area contributed by atoms with Crippen molar-refractivity contribution in [2.75, 3.05) is 13.6 Å². The van der Waals surface area contributed by atoms with Gasteiger partial charge in [-0.05, 0) is 0 Å². The van der Waals surface area contributed by atoms with Crippen LogP contribution in [0.5, 0.6) is 11.5 Å². The molecule has 31 heavy (non-hydrogen) atoms. The summed E-state index contributed by atoms with van der Waals surface area (Å²) in [5, 5.41) is 1.73. The average molecular weight is 494 g/mol. The first-order valence-electron chi connectivity index (χ1n) is 9.85. The Kier molecular flexibility index (Phi) is 6.55. The van der Waals surface area contributed by atoms with Crippen molar-refractivity contribution < 1.29 is 9.53 Å². The molecule has 7 heteroatoms. The van der Waals surface area contributed by atoms with E-state index in [9.17, 15) is 4.79 Å². The average Bonchev–Trinajstić information content (AvgIpc) is 2.80. The van der Waals surface area contributed by atoms with Gasteiger partial charge in [0.25, 0.3) is 0 Å². The van der Waals surface area contributed by atoms with Crippen LogP contribution >= 0.6 is 11.6 Å². The zero-order valence-electron chi connectivity index (χ0n) is 17.2. The maximum absolute atomic E-state index is 12.3. The molecule has 2 aromatic carbocycles. The molecule has 0 saturated carbocycles. The first-order chi connectivity index (χ1) is 15.0. The zero-order chi connectivity index (χ0) is 21.8. The van der Waals surface area contributed by atoms with E-state index >= 15 is 0 Å². The fraction of sp³-hybridized carbons (Fsp3) is 0.125. The molecular formula is C24H21AsClN3O2. The van der Waals surface area contributed by atoms with Gasteiger partial charge in [-0.25, -0.2) is 0 Å². The van der Waals surface area contributed by atoms with Gasteiger partial charge < -0.3 is 0 Å². The van der Waals surface area contributed by atoms with Crippen LogP contribution in [0.1, 0.15) is 17.3 Å². The van der Waals surface area contributed by atoms with Gasteiger partial charge in [0, 0.05) is 0 Å². The third kappa shape index (κ3) is 4.90. The van der Waals surface area contributed by atoms with E-state index in [1.54, 1.807) is 36.5 Å². The van der Waals surface area contributed by atoms with Gasteiger partial charge >= 0.3 is 193 Å². The van der Waals surface area contributed by atoms with Crippen LogP contribution in [-0.4, -0.2) is 50.1 Å². The first-order valence-corrected chi connectivity index (χ1v) is 12.3. The number of aromatic nitrogens is 2. The summed E-state index contributed by atoms with van der Waals surface area (Å²) < 4.78 is 8.48. The molecule has 0 fully saturated rings. The molecule has 0 spiro atoms. The molecule has 2 heterocycles. The SMILES string of the molecule is CCN(C)C(=O)c1ccc(Oc2ccc(Cl)cc2[AsH]c2ccnc3ncccc23)cc1. The first kappa shape index (κ1) is 21.4. The number of hydrogen-bond acceptors (Lipinski definition) is 4. The normalized spacial score (nSPS) is 11.2. The van der Waals surface area contributed by atoms with Gasteiger partial charge in [0.15, 0.2) is 0 Å². The van der Waals surface area contributed by atoms with Gasteiger partial charge in [0.05, 0.1) is 0 Å². The molecule has 0 radical (unpaired) electrons. The molecule has 4 rings (SSSR count). The number of rotatable bonds is 6. The van der Waals surface area contributed by atoms with Crippen LogP contribution in [0.15, 0.2) is 73.1 Å². The summed E-state index contributed by atoms with van der Waals surface area (Å²) in [6.07, 6.45) is 3.54. The van der Waals surface area contributed by atoms with Crippen molar-refractivity contribution in [2.24, 2.45) is 0 Å². The van der Waals surface area contributed by atoms with Crippen molar-refractivity contribution in [3.05, 3.63) is 83.6 Å². The Hall–Kier alpha value is -2.88. The van der Waals surface area contributed by atoms with Crippen molar-refractivity contribution in [3.63, 3.8) is 0 Å². The van der Waals surface area contributed by atoms with Crippen molar-refractivity contribution in [3.8, 4) is 11.5 Å². The molecule has 1 unspecified atom stereocenters. The number of pyridine rings is 2. The summed E-state index contributed by atoms with van der Waals surface area (Å²) in [7, 11) is 1.79. The number of hydrogen-bond donors (Lipinski definition) is 0. The van der Waals surface area contributed by atoms with E-state index in [0.29, 0.717) is 22.9 Å². The summed E-state index contributed by atoms with van der Waals surface area (Å²) in [6, 6.07) is 18.9. The maximum atomic E-state index is 12.3. The van der Waals surface area contributed by atoms with E-state index < -0.39 is 15.8 Å². The molecule has 2 aromatic heterocycles. The van der Waals surface area contributed by atoms with Crippen LogP contribution in [0.3, 0.4) is 0 Å². The van der Waals surface area contributed by atoms with Gasteiger partial charge in [-0.2, -0.15) is 0 Å². The number of carbonyl (C=O) groups excluding carboxylic acids is 1. The predicted molar refractivity (Wildman–Crippen MR) is 127 cm³/mol. The summed E-state index contributed by atoms with van der Waals surface area (Å²) in [5.74, 6) is 1.43. The van der Waals surface area contributed by atoms with Crippen molar-refractivity contribution >= 4 is 53.0 Å². The number of carbonyl (C=O) groups is 1. The number of benzene rings is 2. The summed E-state index contributed by atoms with van der Waals surface area (Å²) in [6.45, 7) is 2.61. The molecular weight excluding hydrogens is 473 g/mol. The van der Waals surface area contributed by atoms with E-state index in [1.165, 1.54) is 4.35 Å². The van der Waals surface area contributed by atoms with Gasteiger partial charge in [-0.3, -0.25) is 0 Å². The summed E-state index contributed by atoms with van der Waals surface area (Å²) in [5.41, 5.74) is 1.38. The fourth-order valence-corrected chi connectivity index (χ4v) is 6.10. The Morgan fingerprint density at radius 3 is 2.58 bits per heavy atom. The van der Waals surface area contributed by atoms with Gasteiger partial charge in [-0.15, -0.1) is 0 Å². The second-order valence-electron chi connectivity index (χ2n) is 6.94. The quantitative estimate of drug-likeness (QED) is 0.386. The second-order valence-corrected chi connectivity index (χ2v) is 10.2. The van der Waals surface area contributed by atoms with Crippen LogP contribution in [0.2, 0.25) is 5.02 Å². The predicted octanol–water partition coefficient (Wildman–Crippen LogP) is 3.55.